The third kappa shape index (κ3) is 2.18. The molecule has 122 valence electrons. The predicted molar refractivity (Wildman–Crippen MR) is 82.5 cm³/mol. The van der Waals surface area contributed by atoms with E-state index in [-0.39, 0.29) is 18.0 Å². The molecule has 0 aliphatic carbocycles. The Kier molecular flexibility index (Phi) is 3.09. The summed E-state index contributed by atoms with van der Waals surface area (Å²) in [7, 11) is 3.66. The van der Waals surface area contributed by atoms with E-state index in [0.29, 0.717) is 18.5 Å². The molecule has 0 spiro atoms. The number of nitrogens with zero attached hydrogens (tertiary/aromatic N) is 5. The van der Waals surface area contributed by atoms with Gasteiger partial charge in [-0.15, -0.1) is 0 Å². The molecule has 4 heterocycles. The summed E-state index contributed by atoms with van der Waals surface area (Å²) >= 11 is 0. The molecule has 2 saturated heterocycles. The molecule has 2 aliphatic rings. The molecular formula is C16H21N5O2. The fraction of sp³-hybridized carbons (Fsp3) is 0.562. The van der Waals surface area contributed by atoms with Gasteiger partial charge < -0.3 is 10.0 Å². The van der Waals surface area contributed by atoms with E-state index in [0.717, 1.165) is 18.5 Å². The molecule has 7 heteroatoms. The summed E-state index contributed by atoms with van der Waals surface area (Å²) in [5, 5.41) is 19.6. The van der Waals surface area contributed by atoms with Crippen molar-refractivity contribution in [1.82, 2.24) is 24.5 Å². The second kappa shape index (κ2) is 4.92. The average Bonchev–Trinajstić information content (AvgIpc) is 3.18. The van der Waals surface area contributed by atoms with E-state index in [1.54, 1.807) is 27.8 Å². The summed E-state index contributed by atoms with van der Waals surface area (Å²) in [5.41, 5.74) is 0.410. The van der Waals surface area contributed by atoms with Gasteiger partial charge in [0.2, 0.25) is 0 Å². The van der Waals surface area contributed by atoms with Crippen LogP contribution in [0.3, 0.4) is 0 Å². The van der Waals surface area contributed by atoms with Gasteiger partial charge in [0.25, 0.3) is 5.91 Å². The smallest absolute Gasteiger partial charge is 0.274 e. The number of hydrogen-bond donors (Lipinski definition) is 1. The first-order valence-electron chi connectivity index (χ1n) is 8.01. The minimum atomic E-state index is -0.905. The monoisotopic (exact) mass is 315 g/mol. The van der Waals surface area contributed by atoms with Gasteiger partial charge in [0.05, 0.1) is 5.69 Å². The lowest BCUT2D eigenvalue weighted by Gasteiger charge is -2.43. The number of rotatable bonds is 2. The number of piperidine rings is 1. The highest BCUT2D eigenvalue weighted by Crippen LogP contribution is 2.45. The van der Waals surface area contributed by atoms with Crippen LogP contribution >= 0.6 is 0 Å². The first-order chi connectivity index (χ1) is 11.0. The van der Waals surface area contributed by atoms with Crippen molar-refractivity contribution >= 4 is 5.91 Å². The maximum absolute atomic E-state index is 12.8. The number of carbonyl (C=O) groups is 1. The second-order valence-corrected chi connectivity index (χ2v) is 6.75. The Morgan fingerprint density at radius 2 is 1.96 bits per heavy atom. The average molecular weight is 315 g/mol. The van der Waals surface area contributed by atoms with E-state index in [2.05, 4.69) is 10.2 Å². The van der Waals surface area contributed by atoms with Gasteiger partial charge in [-0.2, -0.15) is 10.2 Å². The van der Waals surface area contributed by atoms with Crippen molar-refractivity contribution < 1.29 is 9.90 Å². The van der Waals surface area contributed by atoms with Crippen LogP contribution in [0.25, 0.3) is 0 Å². The number of fused-ring (bicyclic) bond motifs is 2. The molecule has 23 heavy (non-hydrogen) atoms. The molecule has 7 nitrogen and oxygen atoms in total. The Bertz CT molecular complexity index is 735. The maximum Gasteiger partial charge on any atom is 0.274 e. The normalized spacial score (nSPS) is 30.0. The molecule has 0 radical (unpaired) electrons. The maximum atomic E-state index is 12.8. The van der Waals surface area contributed by atoms with Crippen LogP contribution in [0.2, 0.25) is 0 Å². The van der Waals surface area contributed by atoms with Crippen LogP contribution in [0.5, 0.6) is 0 Å². The van der Waals surface area contributed by atoms with E-state index in [4.69, 9.17) is 0 Å². The summed E-state index contributed by atoms with van der Waals surface area (Å²) in [6.07, 6.45) is 6.47. The number of carbonyl (C=O) groups excluding carboxylic acids is 1. The number of amides is 1. The van der Waals surface area contributed by atoms with Gasteiger partial charge in [-0.25, -0.2) is 0 Å². The Labute approximate surface area is 134 Å². The van der Waals surface area contributed by atoms with Crippen LogP contribution in [-0.4, -0.2) is 47.6 Å². The third-order valence-electron chi connectivity index (χ3n) is 5.23. The van der Waals surface area contributed by atoms with Gasteiger partial charge in [0, 0.05) is 51.4 Å². The van der Waals surface area contributed by atoms with Crippen molar-refractivity contribution in [3.05, 3.63) is 35.9 Å². The number of hydrogen-bond acceptors (Lipinski definition) is 4. The number of aromatic nitrogens is 4. The van der Waals surface area contributed by atoms with Crippen LogP contribution in [0, 0.1) is 0 Å². The molecule has 1 N–H and O–H groups in total. The zero-order valence-corrected chi connectivity index (χ0v) is 13.4. The third-order valence-corrected chi connectivity index (χ3v) is 5.23. The highest BCUT2D eigenvalue weighted by atomic mass is 16.3. The lowest BCUT2D eigenvalue weighted by molar-refractivity contribution is -0.0532. The molecule has 4 rings (SSSR count). The summed E-state index contributed by atoms with van der Waals surface area (Å²) in [4.78, 5) is 14.7. The number of aliphatic hydroxyl groups is 1. The SMILES string of the molecule is Cn1ccc(C(=O)N2[C@@H]3CC[C@H]2CC(O)(c2ccnn2C)C3)n1. The van der Waals surface area contributed by atoms with Crippen molar-refractivity contribution in [2.24, 2.45) is 14.1 Å². The molecule has 1 unspecified atom stereocenters. The zero-order valence-electron chi connectivity index (χ0n) is 13.4. The number of aryl methyl sites for hydroxylation is 2. The first kappa shape index (κ1) is 14.4. The van der Waals surface area contributed by atoms with Crippen LogP contribution in [0.15, 0.2) is 24.5 Å². The molecule has 0 saturated carbocycles. The highest BCUT2D eigenvalue weighted by Gasteiger charge is 2.51. The minimum absolute atomic E-state index is 0.0230. The van der Waals surface area contributed by atoms with E-state index in [1.165, 1.54) is 0 Å². The van der Waals surface area contributed by atoms with Crippen molar-refractivity contribution in [2.45, 2.75) is 43.4 Å². The first-order valence-corrected chi connectivity index (χ1v) is 8.01. The Morgan fingerprint density at radius 1 is 1.26 bits per heavy atom. The molecule has 0 aromatic carbocycles. The van der Waals surface area contributed by atoms with E-state index < -0.39 is 5.60 Å². The zero-order chi connectivity index (χ0) is 16.2. The topological polar surface area (TPSA) is 76.2 Å². The Balaban J connectivity index is 1.61. The van der Waals surface area contributed by atoms with Crippen molar-refractivity contribution in [1.29, 1.82) is 0 Å². The van der Waals surface area contributed by atoms with Gasteiger partial charge in [0.15, 0.2) is 0 Å². The summed E-state index contributed by atoms with van der Waals surface area (Å²) in [5.74, 6) is -0.0230. The molecule has 2 bridgehead atoms. The van der Waals surface area contributed by atoms with E-state index >= 15 is 0 Å². The molecule has 2 fully saturated rings. The summed E-state index contributed by atoms with van der Waals surface area (Å²) in [6.45, 7) is 0. The standard InChI is InChI=1S/C16H21N5O2/c1-19-8-6-13(18-19)15(22)21-11-3-4-12(21)10-16(23,9-11)14-5-7-17-20(14)2/h5-8,11-12,23H,3-4,9-10H2,1-2H3/t11-,12+,16?. The molecular weight excluding hydrogens is 294 g/mol. The second-order valence-electron chi connectivity index (χ2n) is 6.75. The quantitative estimate of drug-likeness (QED) is 0.890. The highest BCUT2D eigenvalue weighted by molar-refractivity contribution is 5.93. The van der Waals surface area contributed by atoms with E-state index in [1.807, 2.05) is 25.1 Å². The summed E-state index contributed by atoms with van der Waals surface area (Å²) in [6, 6.07) is 3.74. The van der Waals surface area contributed by atoms with Crippen LogP contribution in [0.4, 0.5) is 0 Å². The summed E-state index contributed by atoms with van der Waals surface area (Å²) < 4.78 is 3.38. The van der Waals surface area contributed by atoms with Crippen molar-refractivity contribution in [3.8, 4) is 0 Å². The van der Waals surface area contributed by atoms with Crippen LogP contribution in [-0.2, 0) is 19.7 Å². The van der Waals surface area contributed by atoms with Crippen molar-refractivity contribution in [3.63, 3.8) is 0 Å². The molecule has 2 aromatic heterocycles. The van der Waals surface area contributed by atoms with Crippen LogP contribution in [0.1, 0.15) is 41.9 Å². The lowest BCUT2D eigenvalue weighted by Crippen LogP contribution is -2.52. The molecule has 1 amide bonds. The Hall–Kier alpha value is -2.15. The fourth-order valence-corrected chi connectivity index (χ4v) is 4.26. The molecule has 3 atom stereocenters. The lowest BCUT2D eigenvalue weighted by atomic mass is 9.83. The Morgan fingerprint density at radius 3 is 2.48 bits per heavy atom. The van der Waals surface area contributed by atoms with Gasteiger partial charge in [-0.1, -0.05) is 0 Å². The minimum Gasteiger partial charge on any atom is -0.383 e. The van der Waals surface area contributed by atoms with Gasteiger partial charge in [-0.05, 0) is 25.0 Å². The van der Waals surface area contributed by atoms with E-state index in [9.17, 15) is 9.90 Å². The molecule has 2 aliphatic heterocycles. The molecule has 2 aromatic rings. The fourth-order valence-electron chi connectivity index (χ4n) is 4.26. The van der Waals surface area contributed by atoms with Gasteiger partial charge in [0.1, 0.15) is 11.3 Å². The van der Waals surface area contributed by atoms with Gasteiger partial charge in [-0.3, -0.25) is 14.2 Å². The van der Waals surface area contributed by atoms with Crippen molar-refractivity contribution in [2.75, 3.05) is 0 Å². The predicted octanol–water partition coefficient (Wildman–Crippen LogP) is 0.808. The van der Waals surface area contributed by atoms with Crippen LogP contribution < -0.4 is 0 Å². The largest absolute Gasteiger partial charge is 0.383 e. The van der Waals surface area contributed by atoms with Gasteiger partial charge >= 0.3 is 0 Å².